The number of carboxylic acids is 9. The number of rotatable bonds is 14. The fourth-order valence-corrected chi connectivity index (χ4v) is 3.45. The molecule has 2 rings (SSSR count). The molecule has 0 aliphatic carbocycles. The zero-order valence-corrected chi connectivity index (χ0v) is 53.7. The molecule has 81 heavy (non-hydrogen) atoms. The van der Waals surface area contributed by atoms with Crippen LogP contribution in [0.3, 0.4) is 0 Å². The summed E-state index contributed by atoms with van der Waals surface area (Å²) in [7, 11) is 0. The van der Waals surface area contributed by atoms with E-state index in [4.69, 9.17) is 89.7 Å². The van der Waals surface area contributed by atoms with Gasteiger partial charge in [-0.25, -0.2) is 0 Å². The Labute approximate surface area is 520 Å². The molecule has 33 heteroatoms. The molecule has 0 aliphatic rings. The summed E-state index contributed by atoms with van der Waals surface area (Å²) in [6, 6.07) is 0. The van der Waals surface area contributed by atoms with Crippen molar-refractivity contribution in [1.29, 1.82) is 0 Å². The van der Waals surface area contributed by atoms with Crippen molar-refractivity contribution < 1.29 is 193 Å². The molecule has 2 aromatic rings. The summed E-state index contributed by atoms with van der Waals surface area (Å²) in [4.78, 5) is 96.1. The number of aliphatic hydroxyl groups is 4. The van der Waals surface area contributed by atoms with Crippen molar-refractivity contribution in [3.63, 3.8) is 0 Å². The van der Waals surface area contributed by atoms with Crippen LogP contribution in [0.5, 0.6) is 0 Å². The van der Waals surface area contributed by atoms with Gasteiger partial charge in [-0.3, -0.25) is 19.9 Å². The topological polar surface area (TPSA) is 551 Å². The summed E-state index contributed by atoms with van der Waals surface area (Å²) in [5, 5.41) is 112. The third-order valence-electron chi connectivity index (χ3n) is 5.49. The van der Waals surface area contributed by atoms with Gasteiger partial charge >= 0.3 is 68.3 Å². The van der Waals surface area contributed by atoms with Gasteiger partial charge in [0.05, 0.1) is 50.5 Å². The first-order chi connectivity index (χ1) is 34.6. The van der Waals surface area contributed by atoms with Gasteiger partial charge in [0, 0.05) is 93.0 Å². The monoisotopic (exact) mass is 1340 g/mol. The first-order valence-corrected chi connectivity index (χ1v) is 23.1. The molecule has 0 amide bonds. The van der Waals surface area contributed by atoms with Crippen molar-refractivity contribution in [2.24, 2.45) is 0 Å². The maximum Gasteiger partial charge on any atom is 3.00 e. The normalized spacial score (nSPS) is 7.54. The molecule has 29 nitrogen and oxygen atoms in total. The molecule has 0 saturated carbocycles. The van der Waals surface area contributed by atoms with Crippen molar-refractivity contribution in [3.05, 3.63) is 48.6 Å². The van der Waals surface area contributed by atoms with Gasteiger partial charge in [0.1, 0.15) is 11.4 Å². The van der Waals surface area contributed by atoms with Gasteiger partial charge in [0.25, 0.3) is 0 Å². The van der Waals surface area contributed by atoms with Crippen molar-refractivity contribution in [2.45, 2.75) is 155 Å². The van der Waals surface area contributed by atoms with E-state index in [1.165, 1.54) is 107 Å². The van der Waals surface area contributed by atoms with Crippen molar-refractivity contribution in [1.82, 2.24) is 19.9 Å². The van der Waals surface area contributed by atoms with E-state index in [9.17, 15) is 19.8 Å². The van der Waals surface area contributed by atoms with Crippen molar-refractivity contribution >= 4 is 53.7 Å². The second-order valence-corrected chi connectivity index (χ2v) is 13.1. The first kappa shape index (κ1) is 127. The second-order valence-electron chi connectivity index (χ2n) is 13.1. The Morgan fingerprint density at radius 1 is 0.358 bits per heavy atom. The molecule has 0 fully saturated rings. The van der Waals surface area contributed by atoms with Gasteiger partial charge < -0.3 is 125 Å². The zero-order valence-electron chi connectivity index (χ0n) is 49.0. The molecular formula is C48H87Mn4N5O24. The Hall–Kier alpha value is -4.81. The number of carbonyl (C=O) groups is 9. The molecule has 0 radical (unpaired) electrons. The summed E-state index contributed by atoms with van der Waals surface area (Å²) in [5.41, 5.74) is -0.282. The smallest absolute Gasteiger partial charge is 2.00 e. The van der Waals surface area contributed by atoms with Gasteiger partial charge in [0.2, 0.25) is 0 Å². The average molecular weight is 1340 g/mol. The van der Waals surface area contributed by atoms with Crippen LogP contribution < -0.4 is 46.0 Å². The van der Waals surface area contributed by atoms with Crippen LogP contribution in [0.2, 0.25) is 0 Å². The van der Waals surface area contributed by atoms with E-state index in [0.29, 0.717) is 0 Å². The van der Waals surface area contributed by atoms with Crippen LogP contribution in [0.25, 0.3) is 0 Å². The molecule has 0 aliphatic heterocycles. The summed E-state index contributed by atoms with van der Waals surface area (Å²) >= 11 is 0. The standard InChI is InChI=1S/C16H36N.2C5H4N2O2.7C2H4O2.4C2H6O.4Mn.2O/c1-5-9-13-17(14-10-6-2,15-11-7-3)16-12-8-4;2*8-5(9)4-3-6-1-2-7-4;7*1-2(3)4;4*1-2-3;;;;;;/h5-16H2,1-4H3;2*1-3H,(H,8,9);7*1H3,(H,3,4);4*3H,2H2,1H3;;;;;;/q+1;;;;;;;;;;;;;;4*+3;2*-2/p-9. The summed E-state index contributed by atoms with van der Waals surface area (Å²) in [5.74, 6) is -10.2. The molecule has 0 aromatic carbocycles. The van der Waals surface area contributed by atoms with Crippen molar-refractivity contribution in [2.75, 3.05) is 52.6 Å². The van der Waals surface area contributed by atoms with Gasteiger partial charge in [0.15, 0.2) is 0 Å². The quantitative estimate of drug-likeness (QED) is 0.101. The minimum atomic E-state index is -1.30. The Bertz CT molecular complexity index is 1330. The number of aromatic nitrogens is 4. The fourth-order valence-electron chi connectivity index (χ4n) is 3.45. The number of hydrogen-bond donors (Lipinski definition) is 4. The van der Waals surface area contributed by atoms with Gasteiger partial charge in [-0.1, -0.05) is 53.4 Å². The molecule has 2 aromatic heterocycles. The van der Waals surface area contributed by atoms with Gasteiger partial charge in [-0.05, 0) is 102 Å². The number of nitrogens with zero attached hydrogens (tertiary/aromatic N) is 5. The van der Waals surface area contributed by atoms with Crippen LogP contribution in [0, 0.1) is 0 Å². The van der Waals surface area contributed by atoms with E-state index < -0.39 is 53.7 Å². The molecular weight excluding hydrogens is 1250 g/mol. The van der Waals surface area contributed by atoms with Crippen LogP contribution >= 0.6 is 0 Å². The predicted octanol–water partition coefficient (Wildman–Crippen LogP) is -6.28. The van der Waals surface area contributed by atoms with Crippen LogP contribution in [0.1, 0.15) is 176 Å². The maximum atomic E-state index is 9.99. The Kier molecular flexibility index (Phi) is 179. The van der Waals surface area contributed by atoms with Crippen LogP contribution in [0.4, 0.5) is 0 Å². The van der Waals surface area contributed by atoms with Gasteiger partial charge in [-0.2, -0.15) is 0 Å². The number of hydrogen-bond acceptors (Lipinski definition) is 26. The van der Waals surface area contributed by atoms with E-state index in [0.717, 1.165) is 60.9 Å². The van der Waals surface area contributed by atoms with Crippen LogP contribution in [-0.4, -0.2) is 151 Å². The fraction of sp³-hybridized carbons (Fsp3) is 0.646. The van der Waals surface area contributed by atoms with E-state index in [1.54, 1.807) is 27.7 Å². The molecule has 0 saturated heterocycles. The van der Waals surface area contributed by atoms with Crippen LogP contribution in [-0.2, 0) is 113 Å². The number of aliphatic hydroxyl groups excluding tert-OH is 4. The number of aromatic carboxylic acids is 2. The SMILES string of the molecule is CC(=O)[O-].CC(=O)[O-].CC(=O)[O-].CC(=O)[O-].CC(=O)[O-].CC(=O)[O-].CC(=O)[O-].CCCC[N+](CCCC)(CCCC)CCCC.CCO.CCO.CCO.CCO.O=C([O-])c1cnccn1.O=C([O-])c1cnccn1.[Mn+3].[Mn+3].[Mn+3].[Mn+3].[O-2].[O-2]. The minimum absolute atomic E-state index is 0. The molecule has 476 valence electrons. The van der Waals surface area contributed by atoms with Crippen molar-refractivity contribution in [3.8, 4) is 0 Å². The maximum absolute atomic E-state index is 9.99. The van der Waals surface area contributed by atoms with E-state index in [-0.39, 0.29) is 117 Å². The van der Waals surface area contributed by atoms with E-state index in [2.05, 4.69) is 47.6 Å². The third-order valence-corrected chi connectivity index (χ3v) is 5.49. The third kappa shape index (κ3) is 262. The Balaban J connectivity index is -0.0000000345. The predicted molar refractivity (Wildman–Crippen MR) is 259 cm³/mol. The second kappa shape index (κ2) is 114. The van der Waals surface area contributed by atoms with Crippen LogP contribution in [0.15, 0.2) is 37.2 Å². The molecule has 0 unspecified atom stereocenters. The zero-order chi connectivity index (χ0) is 62.2. The van der Waals surface area contributed by atoms with E-state index in [1.807, 2.05) is 0 Å². The number of quaternary nitrogens is 1. The minimum Gasteiger partial charge on any atom is -2.00 e. The largest absolute Gasteiger partial charge is 3.00 e. The Morgan fingerprint density at radius 2 is 0.494 bits per heavy atom. The molecule has 4 N–H and O–H groups in total. The molecule has 0 bridgehead atoms. The number of carboxylic acid groups (broad SMARTS) is 9. The summed E-state index contributed by atoms with van der Waals surface area (Å²) in [6.45, 7) is 29.5. The number of aliphatic carboxylic acids is 7. The Morgan fingerprint density at radius 3 is 0.568 bits per heavy atom. The summed E-state index contributed by atoms with van der Waals surface area (Å²) in [6.07, 6.45) is 18.7. The molecule has 2 heterocycles. The number of carbonyl (C=O) groups excluding carboxylic acids is 9. The number of unbranched alkanes of at least 4 members (excludes halogenated alkanes) is 4. The van der Waals surface area contributed by atoms with Gasteiger partial charge in [-0.15, -0.1) is 0 Å². The first-order valence-electron chi connectivity index (χ1n) is 23.1. The summed E-state index contributed by atoms with van der Waals surface area (Å²) < 4.78 is 1.42. The molecule has 0 spiro atoms. The average Bonchev–Trinajstić information content (AvgIpc) is 3.27. The van der Waals surface area contributed by atoms with E-state index >= 15 is 0 Å². The molecule has 0 atom stereocenters.